The van der Waals surface area contributed by atoms with E-state index in [1.165, 1.54) is 0 Å². The summed E-state index contributed by atoms with van der Waals surface area (Å²) in [6.45, 7) is 5.52. The third kappa shape index (κ3) is 7.47. The summed E-state index contributed by atoms with van der Waals surface area (Å²) < 4.78 is 23.2. The van der Waals surface area contributed by atoms with Crippen LogP contribution >= 0.6 is 12.4 Å². The average Bonchev–Trinajstić information content (AvgIpc) is 2.44. The number of hydrogen-bond donors (Lipinski definition) is 1. The Hall–Kier alpha value is -0.330. The molecule has 7 heteroatoms. The van der Waals surface area contributed by atoms with Crippen molar-refractivity contribution in [1.82, 2.24) is 10.2 Å². The summed E-state index contributed by atoms with van der Waals surface area (Å²) in [6.07, 6.45) is 3.71. The van der Waals surface area contributed by atoms with Gasteiger partial charge in [0.25, 0.3) is 0 Å². The van der Waals surface area contributed by atoms with Crippen LogP contribution in [-0.4, -0.2) is 56.9 Å². The average molecular weight is 341 g/mol. The molecule has 0 spiro atoms. The molecule has 1 saturated heterocycles. The summed E-state index contributed by atoms with van der Waals surface area (Å²) in [5, 5.41) is 3.31. The highest BCUT2D eigenvalue weighted by Gasteiger charge is 2.22. The van der Waals surface area contributed by atoms with Crippen LogP contribution in [0.25, 0.3) is 0 Å². The number of rotatable bonds is 7. The zero-order valence-corrected chi connectivity index (χ0v) is 14.9. The van der Waals surface area contributed by atoms with E-state index >= 15 is 0 Å². The fraction of sp³-hybridized carbons (Fsp3) is 0.929. The lowest BCUT2D eigenvalue weighted by Crippen LogP contribution is -2.40. The van der Waals surface area contributed by atoms with Crippen LogP contribution in [0.2, 0.25) is 0 Å². The summed E-state index contributed by atoms with van der Waals surface area (Å²) in [7, 11) is -1.33. The molecule has 0 aliphatic carbocycles. The van der Waals surface area contributed by atoms with E-state index in [-0.39, 0.29) is 35.9 Å². The van der Waals surface area contributed by atoms with E-state index in [1.807, 2.05) is 0 Å². The Morgan fingerprint density at radius 1 is 1.33 bits per heavy atom. The minimum atomic E-state index is -3.03. The second kappa shape index (κ2) is 9.64. The SMILES string of the molecule is CCS(=O)(=O)CC(C)N(C)C(=O)CCC1CCNCC1.Cl. The van der Waals surface area contributed by atoms with Crippen molar-refractivity contribution in [2.75, 3.05) is 31.6 Å². The Kier molecular flexibility index (Phi) is 9.49. The summed E-state index contributed by atoms with van der Waals surface area (Å²) in [6, 6.07) is -0.250. The van der Waals surface area contributed by atoms with Gasteiger partial charge in [0.1, 0.15) is 0 Å². The molecule has 1 aliphatic rings. The van der Waals surface area contributed by atoms with Crippen LogP contribution in [0.15, 0.2) is 0 Å². The van der Waals surface area contributed by atoms with E-state index in [2.05, 4.69) is 5.32 Å². The van der Waals surface area contributed by atoms with Crippen LogP contribution in [-0.2, 0) is 14.6 Å². The van der Waals surface area contributed by atoms with Gasteiger partial charge in [-0.25, -0.2) is 8.42 Å². The lowest BCUT2D eigenvalue weighted by Gasteiger charge is -2.27. The van der Waals surface area contributed by atoms with Crippen molar-refractivity contribution in [3.63, 3.8) is 0 Å². The molecule has 1 rings (SSSR count). The monoisotopic (exact) mass is 340 g/mol. The van der Waals surface area contributed by atoms with Gasteiger partial charge in [0, 0.05) is 25.3 Å². The molecule has 0 aromatic heterocycles. The molecule has 0 aromatic rings. The van der Waals surface area contributed by atoms with Crippen LogP contribution in [0.3, 0.4) is 0 Å². The Morgan fingerprint density at radius 2 is 1.90 bits per heavy atom. The van der Waals surface area contributed by atoms with Gasteiger partial charge < -0.3 is 10.2 Å². The Bertz CT molecular complexity index is 408. The van der Waals surface area contributed by atoms with Gasteiger partial charge in [-0.05, 0) is 45.2 Å². The highest BCUT2D eigenvalue weighted by Crippen LogP contribution is 2.18. The van der Waals surface area contributed by atoms with Crippen LogP contribution < -0.4 is 5.32 Å². The van der Waals surface area contributed by atoms with Crippen molar-refractivity contribution < 1.29 is 13.2 Å². The first kappa shape index (κ1) is 20.7. The molecule has 0 bridgehead atoms. The molecule has 1 N–H and O–H groups in total. The van der Waals surface area contributed by atoms with Crippen molar-refractivity contribution in [3.05, 3.63) is 0 Å². The normalized spacial score (nSPS) is 17.9. The van der Waals surface area contributed by atoms with Gasteiger partial charge in [-0.2, -0.15) is 0 Å². The molecule has 1 unspecified atom stereocenters. The summed E-state index contributed by atoms with van der Waals surface area (Å²) in [5.74, 6) is 0.874. The molecule has 126 valence electrons. The van der Waals surface area contributed by atoms with Crippen molar-refractivity contribution >= 4 is 28.2 Å². The lowest BCUT2D eigenvalue weighted by molar-refractivity contribution is -0.131. The third-order valence-corrected chi connectivity index (χ3v) is 6.08. The van der Waals surface area contributed by atoms with E-state index in [0.717, 1.165) is 32.4 Å². The Morgan fingerprint density at radius 3 is 2.43 bits per heavy atom. The number of hydrogen-bond acceptors (Lipinski definition) is 4. The van der Waals surface area contributed by atoms with Crippen LogP contribution in [0.4, 0.5) is 0 Å². The first-order valence-corrected chi connectivity index (χ1v) is 9.34. The lowest BCUT2D eigenvalue weighted by atomic mass is 9.93. The number of amides is 1. The van der Waals surface area contributed by atoms with Gasteiger partial charge in [-0.15, -0.1) is 12.4 Å². The third-order valence-electron chi connectivity index (χ3n) is 4.21. The number of sulfone groups is 1. The van der Waals surface area contributed by atoms with Crippen molar-refractivity contribution in [3.8, 4) is 0 Å². The van der Waals surface area contributed by atoms with E-state index in [9.17, 15) is 13.2 Å². The van der Waals surface area contributed by atoms with Gasteiger partial charge in [-0.1, -0.05) is 6.92 Å². The molecule has 21 heavy (non-hydrogen) atoms. The van der Waals surface area contributed by atoms with E-state index in [4.69, 9.17) is 0 Å². The second-order valence-electron chi connectivity index (χ2n) is 5.78. The predicted octanol–water partition coefficient (Wildman–Crippen LogP) is 1.47. The van der Waals surface area contributed by atoms with Gasteiger partial charge >= 0.3 is 0 Å². The molecule has 0 aromatic carbocycles. The fourth-order valence-corrected chi connectivity index (χ4v) is 3.71. The van der Waals surface area contributed by atoms with Crippen LogP contribution in [0, 0.1) is 5.92 Å². The Balaban J connectivity index is 0.00000400. The van der Waals surface area contributed by atoms with Crippen LogP contribution in [0.5, 0.6) is 0 Å². The fourth-order valence-electron chi connectivity index (χ4n) is 2.52. The van der Waals surface area contributed by atoms with Gasteiger partial charge in [0.2, 0.25) is 5.91 Å². The second-order valence-corrected chi connectivity index (χ2v) is 8.18. The summed E-state index contributed by atoms with van der Waals surface area (Å²) >= 11 is 0. The zero-order chi connectivity index (χ0) is 15.2. The maximum absolute atomic E-state index is 12.1. The zero-order valence-electron chi connectivity index (χ0n) is 13.3. The summed E-state index contributed by atoms with van der Waals surface area (Å²) in [4.78, 5) is 13.7. The van der Waals surface area contributed by atoms with Crippen molar-refractivity contribution in [2.24, 2.45) is 5.92 Å². The van der Waals surface area contributed by atoms with E-state index in [0.29, 0.717) is 12.3 Å². The molecule has 1 heterocycles. The number of halogens is 1. The maximum Gasteiger partial charge on any atom is 0.222 e. The van der Waals surface area contributed by atoms with Gasteiger partial charge in [0.05, 0.1) is 5.75 Å². The van der Waals surface area contributed by atoms with Gasteiger partial charge in [0.15, 0.2) is 9.84 Å². The number of nitrogens with zero attached hydrogens (tertiary/aromatic N) is 1. The highest BCUT2D eigenvalue weighted by atomic mass is 35.5. The molecule has 0 saturated carbocycles. The molecule has 0 radical (unpaired) electrons. The number of carbonyl (C=O) groups excluding carboxylic acids is 1. The number of nitrogens with one attached hydrogen (secondary N) is 1. The van der Waals surface area contributed by atoms with Crippen LogP contribution in [0.1, 0.15) is 39.5 Å². The molecular weight excluding hydrogens is 312 g/mol. The molecule has 1 aliphatic heterocycles. The molecule has 1 fully saturated rings. The largest absolute Gasteiger partial charge is 0.342 e. The van der Waals surface area contributed by atoms with E-state index < -0.39 is 9.84 Å². The molecule has 5 nitrogen and oxygen atoms in total. The smallest absolute Gasteiger partial charge is 0.222 e. The summed E-state index contributed by atoms with van der Waals surface area (Å²) in [5.41, 5.74) is 0. The van der Waals surface area contributed by atoms with Crippen molar-refractivity contribution in [1.29, 1.82) is 0 Å². The minimum absolute atomic E-state index is 0. The van der Waals surface area contributed by atoms with E-state index in [1.54, 1.807) is 25.8 Å². The maximum atomic E-state index is 12.1. The topological polar surface area (TPSA) is 66.5 Å². The molecule has 1 atom stereocenters. The van der Waals surface area contributed by atoms with Crippen molar-refractivity contribution in [2.45, 2.75) is 45.6 Å². The minimum Gasteiger partial charge on any atom is -0.342 e. The number of piperidine rings is 1. The standard InChI is InChI=1S/C14H28N2O3S.ClH/c1-4-20(18,19)11-12(2)16(3)14(17)6-5-13-7-9-15-10-8-13;/h12-13,15H,4-11H2,1-3H3;1H. The first-order chi connectivity index (χ1) is 9.35. The molecule has 1 amide bonds. The highest BCUT2D eigenvalue weighted by molar-refractivity contribution is 7.91. The number of carbonyl (C=O) groups is 1. The quantitative estimate of drug-likeness (QED) is 0.762. The van der Waals surface area contributed by atoms with Gasteiger partial charge in [-0.3, -0.25) is 4.79 Å². The molecular formula is C14H29ClN2O3S. The first-order valence-electron chi connectivity index (χ1n) is 7.52. The Labute approximate surface area is 135 Å². The predicted molar refractivity (Wildman–Crippen MR) is 88.6 cm³/mol.